The second kappa shape index (κ2) is 5.53. The Morgan fingerprint density at radius 3 is 2.63 bits per heavy atom. The highest BCUT2D eigenvalue weighted by molar-refractivity contribution is 5.94. The number of hydrogen-bond donors (Lipinski definition) is 0. The van der Waals surface area contributed by atoms with Crippen LogP contribution in [-0.2, 0) is 0 Å². The lowest BCUT2D eigenvalue weighted by Gasteiger charge is -2.22. The number of hydrogen-bond acceptors (Lipinski definition) is 2. The molecule has 1 aliphatic heterocycles. The van der Waals surface area contributed by atoms with Gasteiger partial charge in [0, 0.05) is 27.2 Å². The van der Waals surface area contributed by atoms with Crippen LogP contribution in [0.3, 0.4) is 0 Å². The molecule has 0 saturated heterocycles. The molecule has 1 heterocycles. The van der Waals surface area contributed by atoms with Gasteiger partial charge in [0.15, 0.2) is 0 Å². The molecule has 0 saturated carbocycles. The van der Waals surface area contributed by atoms with Crippen LogP contribution in [0.1, 0.15) is 22.3 Å². The molecule has 1 amide bonds. The van der Waals surface area contributed by atoms with Crippen LogP contribution in [0.25, 0.3) is 5.57 Å². The van der Waals surface area contributed by atoms with Crippen molar-refractivity contribution in [2.75, 3.05) is 34.2 Å². The monoisotopic (exact) mass is 262 g/mol. The summed E-state index contributed by atoms with van der Waals surface area (Å²) in [7, 11) is 5.30. The highest BCUT2D eigenvalue weighted by Crippen LogP contribution is 2.24. The summed E-state index contributed by atoms with van der Waals surface area (Å²) in [6, 6.07) is 4.87. The minimum Gasteiger partial charge on any atom is -0.345 e. The summed E-state index contributed by atoms with van der Waals surface area (Å²) in [4.78, 5) is 15.4. The SMILES string of the molecule is CN1CC=C(c2ccc(C(=O)N(C)C)c(F)c2)CC1. The molecule has 102 valence electrons. The van der Waals surface area contributed by atoms with E-state index in [1.165, 1.54) is 11.0 Å². The van der Waals surface area contributed by atoms with Gasteiger partial charge >= 0.3 is 0 Å². The highest BCUT2D eigenvalue weighted by Gasteiger charge is 2.16. The number of amides is 1. The molecule has 0 spiro atoms. The van der Waals surface area contributed by atoms with E-state index in [1.807, 2.05) is 6.07 Å². The zero-order valence-corrected chi connectivity index (χ0v) is 11.6. The predicted molar refractivity (Wildman–Crippen MR) is 74.5 cm³/mol. The van der Waals surface area contributed by atoms with E-state index in [9.17, 15) is 9.18 Å². The van der Waals surface area contributed by atoms with E-state index >= 15 is 0 Å². The fourth-order valence-electron chi connectivity index (χ4n) is 2.16. The molecule has 2 rings (SSSR count). The molecule has 3 nitrogen and oxygen atoms in total. The van der Waals surface area contributed by atoms with Crippen molar-refractivity contribution >= 4 is 11.5 Å². The first-order valence-corrected chi connectivity index (χ1v) is 6.38. The van der Waals surface area contributed by atoms with Crippen LogP contribution in [-0.4, -0.2) is 49.9 Å². The second-order valence-electron chi connectivity index (χ2n) is 5.14. The largest absolute Gasteiger partial charge is 0.345 e. The van der Waals surface area contributed by atoms with Gasteiger partial charge in [-0.1, -0.05) is 12.1 Å². The molecule has 1 aromatic rings. The number of nitrogens with zero attached hydrogens (tertiary/aromatic N) is 2. The molecule has 19 heavy (non-hydrogen) atoms. The third kappa shape index (κ3) is 3.01. The fourth-order valence-corrected chi connectivity index (χ4v) is 2.16. The Hall–Kier alpha value is -1.68. The van der Waals surface area contributed by atoms with Gasteiger partial charge < -0.3 is 9.80 Å². The van der Waals surface area contributed by atoms with Gasteiger partial charge in [-0.15, -0.1) is 0 Å². The predicted octanol–water partition coefficient (Wildman–Crippen LogP) is 2.25. The van der Waals surface area contributed by atoms with Gasteiger partial charge in [-0.25, -0.2) is 4.39 Å². The van der Waals surface area contributed by atoms with Crippen LogP contribution in [0.2, 0.25) is 0 Å². The van der Waals surface area contributed by atoms with Gasteiger partial charge in [0.1, 0.15) is 5.82 Å². The molecule has 0 unspecified atom stereocenters. The fraction of sp³-hybridized carbons (Fsp3) is 0.400. The first kappa shape index (κ1) is 13.7. The van der Waals surface area contributed by atoms with Gasteiger partial charge in [-0.05, 0) is 36.7 Å². The summed E-state index contributed by atoms with van der Waals surface area (Å²) in [5.74, 6) is -0.752. The summed E-state index contributed by atoms with van der Waals surface area (Å²) in [6.45, 7) is 1.86. The van der Waals surface area contributed by atoms with Crippen molar-refractivity contribution in [1.82, 2.24) is 9.80 Å². The van der Waals surface area contributed by atoms with E-state index in [-0.39, 0.29) is 11.5 Å². The number of benzene rings is 1. The van der Waals surface area contributed by atoms with Crippen molar-refractivity contribution in [1.29, 1.82) is 0 Å². The van der Waals surface area contributed by atoms with Crippen molar-refractivity contribution in [3.8, 4) is 0 Å². The first-order valence-electron chi connectivity index (χ1n) is 6.38. The van der Waals surface area contributed by atoms with Gasteiger partial charge in [-0.3, -0.25) is 4.79 Å². The van der Waals surface area contributed by atoms with E-state index in [0.29, 0.717) is 0 Å². The lowest BCUT2D eigenvalue weighted by molar-refractivity contribution is 0.0823. The first-order chi connectivity index (χ1) is 8.99. The second-order valence-corrected chi connectivity index (χ2v) is 5.14. The zero-order chi connectivity index (χ0) is 14.0. The number of likely N-dealkylation sites (N-methyl/N-ethyl adjacent to an activating group) is 1. The highest BCUT2D eigenvalue weighted by atomic mass is 19.1. The number of carbonyl (C=O) groups is 1. The van der Waals surface area contributed by atoms with Crippen molar-refractivity contribution < 1.29 is 9.18 Å². The molecule has 1 aliphatic rings. The molecule has 1 aromatic carbocycles. The van der Waals surface area contributed by atoms with Crippen molar-refractivity contribution in [3.63, 3.8) is 0 Å². The van der Waals surface area contributed by atoms with Gasteiger partial charge in [-0.2, -0.15) is 0 Å². The average molecular weight is 262 g/mol. The Kier molecular flexibility index (Phi) is 4.00. The van der Waals surface area contributed by atoms with E-state index in [0.717, 1.165) is 30.6 Å². The lowest BCUT2D eigenvalue weighted by Crippen LogP contribution is -2.24. The van der Waals surface area contributed by atoms with Crippen LogP contribution in [0.15, 0.2) is 24.3 Å². The van der Waals surface area contributed by atoms with Gasteiger partial charge in [0.05, 0.1) is 5.56 Å². The quantitative estimate of drug-likeness (QED) is 0.816. The Bertz CT molecular complexity index is 523. The van der Waals surface area contributed by atoms with Gasteiger partial charge in [0.25, 0.3) is 5.91 Å². The third-order valence-electron chi connectivity index (χ3n) is 3.39. The number of carbonyl (C=O) groups excluding carboxylic acids is 1. The van der Waals surface area contributed by atoms with E-state index in [1.54, 1.807) is 20.2 Å². The Labute approximate surface area is 113 Å². The minimum absolute atomic E-state index is 0.127. The molecule has 0 aliphatic carbocycles. The summed E-state index contributed by atoms with van der Waals surface area (Å²) in [5.41, 5.74) is 2.16. The van der Waals surface area contributed by atoms with Crippen molar-refractivity contribution in [2.45, 2.75) is 6.42 Å². The minimum atomic E-state index is -0.448. The van der Waals surface area contributed by atoms with E-state index < -0.39 is 5.82 Å². The van der Waals surface area contributed by atoms with Crippen molar-refractivity contribution in [2.24, 2.45) is 0 Å². The maximum atomic E-state index is 14.0. The molecular weight excluding hydrogens is 243 g/mol. The molecule has 0 bridgehead atoms. The lowest BCUT2D eigenvalue weighted by atomic mass is 9.98. The van der Waals surface area contributed by atoms with Crippen LogP contribution in [0.5, 0.6) is 0 Å². The van der Waals surface area contributed by atoms with Crippen LogP contribution >= 0.6 is 0 Å². The Morgan fingerprint density at radius 2 is 2.11 bits per heavy atom. The Morgan fingerprint density at radius 1 is 1.37 bits per heavy atom. The van der Waals surface area contributed by atoms with E-state index in [4.69, 9.17) is 0 Å². The molecule has 4 heteroatoms. The third-order valence-corrected chi connectivity index (χ3v) is 3.39. The summed E-state index contributed by atoms with van der Waals surface area (Å²) in [6.07, 6.45) is 3.03. The normalized spacial score (nSPS) is 16.1. The Balaban J connectivity index is 2.27. The number of halogens is 1. The zero-order valence-electron chi connectivity index (χ0n) is 11.6. The summed E-state index contributed by atoms with van der Waals surface area (Å²) < 4.78 is 14.0. The standard InChI is InChI=1S/C15H19FN2O/c1-17(2)15(19)13-5-4-12(10-14(13)16)11-6-8-18(3)9-7-11/h4-6,10H,7-9H2,1-3H3. The van der Waals surface area contributed by atoms with E-state index in [2.05, 4.69) is 18.0 Å². The maximum absolute atomic E-state index is 14.0. The topological polar surface area (TPSA) is 23.6 Å². The molecule has 0 aromatic heterocycles. The number of rotatable bonds is 2. The molecule has 0 radical (unpaired) electrons. The average Bonchev–Trinajstić information content (AvgIpc) is 2.38. The molecule has 0 atom stereocenters. The van der Waals surface area contributed by atoms with Crippen LogP contribution in [0, 0.1) is 5.82 Å². The smallest absolute Gasteiger partial charge is 0.256 e. The maximum Gasteiger partial charge on any atom is 0.256 e. The molecule has 0 fully saturated rings. The molecule has 0 N–H and O–H groups in total. The van der Waals surface area contributed by atoms with Gasteiger partial charge in [0.2, 0.25) is 0 Å². The molecular formula is C15H19FN2O. The van der Waals surface area contributed by atoms with Crippen LogP contribution < -0.4 is 0 Å². The van der Waals surface area contributed by atoms with Crippen LogP contribution in [0.4, 0.5) is 4.39 Å². The summed E-state index contributed by atoms with van der Waals surface area (Å²) in [5, 5.41) is 0. The van der Waals surface area contributed by atoms with Crippen molar-refractivity contribution in [3.05, 3.63) is 41.2 Å². The summed E-state index contributed by atoms with van der Waals surface area (Å²) >= 11 is 0.